The van der Waals surface area contributed by atoms with Crippen molar-refractivity contribution in [3.63, 3.8) is 0 Å². The summed E-state index contributed by atoms with van der Waals surface area (Å²) in [7, 11) is -3.41. The lowest BCUT2D eigenvalue weighted by Gasteiger charge is -2.18. The van der Waals surface area contributed by atoms with Crippen molar-refractivity contribution < 1.29 is 8.42 Å². The number of benzene rings is 1. The molecule has 0 aliphatic heterocycles. The fourth-order valence-electron chi connectivity index (χ4n) is 1.75. The fraction of sp³-hybridized carbons (Fsp3) is 0.500. The Morgan fingerprint density at radius 3 is 2.44 bits per heavy atom. The smallest absolute Gasteiger partial charge is 0.210 e. The highest BCUT2D eigenvalue weighted by atomic mass is 35.5. The third kappa shape index (κ3) is 5.82. The normalized spacial score (nSPS) is 13.5. The zero-order chi connectivity index (χ0) is 13.6. The van der Waals surface area contributed by atoms with E-state index in [1.54, 1.807) is 0 Å². The Balaban J connectivity index is 2.62. The highest BCUT2D eigenvalue weighted by Crippen LogP contribution is 2.20. The summed E-state index contributed by atoms with van der Waals surface area (Å²) in [5.74, 6) is -0.0548. The molecule has 4 nitrogen and oxygen atoms in total. The van der Waals surface area contributed by atoms with Crippen molar-refractivity contribution >= 4 is 21.6 Å². The van der Waals surface area contributed by atoms with Crippen molar-refractivity contribution in [1.82, 2.24) is 5.32 Å². The van der Waals surface area contributed by atoms with Gasteiger partial charge < -0.3 is 5.32 Å². The zero-order valence-corrected chi connectivity index (χ0v) is 12.0. The quantitative estimate of drug-likeness (QED) is 0.807. The number of halogens is 1. The first-order valence-electron chi connectivity index (χ1n) is 5.91. The third-order valence-corrected chi connectivity index (χ3v) is 3.65. The van der Waals surface area contributed by atoms with Gasteiger partial charge in [0.15, 0.2) is 0 Å². The van der Waals surface area contributed by atoms with Gasteiger partial charge in [0.2, 0.25) is 10.0 Å². The molecule has 1 unspecified atom stereocenters. The van der Waals surface area contributed by atoms with E-state index in [9.17, 15) is 8.42 Å². The number of hydrogen-bond donors (Lipinski definition) is 2. The van der Waals surface area contributed by atoms with Gasteiger partial charge >= 0.3 is 0 Å². The maximum atomic E-state index is 10.9. The summed E-state index contributed by atoms with van der Waals surface area (Å²) in [4.78, 5) is 0. The molecule has 18 heavy (non-hydrogen) atoms. The van der Waals surface area contributed by atoms with Crippen molar-refractivity contribution in [2.45, 2.75) is 25.8 Å². The summed E-state index contributed by atoms with van der Waals surface area (Å²) < 4.78 is 21.7. The van der Waals surface area contributed by atoms with Crippen LogP contribution >= 0.6 is 11.6 Å². The molecule has 6 heteroatoms. The lowest BCUT2D eigenvalue weighted by Crippen LogP contribution is -2.30. The molecule has 102 valence electrons. The summed E-state index contributed by atoms with van der Waals surface area (Å²) in [5.41, 5.74) is 1.11. The topological polar surface area (TPSA) is 72.2 Å². The van der Waals surface area contributed by atoms with Crippen LogP contribution in [0.5, 0.6) is 0 Å². The number of sulfonamides is 1. The van der Waals surface area contributed by atoms with Crippen LogP contribution in [0.15, 0.2) is 24.3 Å². The predicted octanol–water partition coefficient (Wildman–Crippen LogP) is 2.06. The molecule has 0 saturated carbocycles. The van der Waals surface area contributed by atoms with Crippen molar-refractivity contribution in [3.8, 4) is 0 Å². The summed E-state index contributed by atoms with van der Waals surface area (Å²) in [6.07, 6.45) is 1.95. The van der Waals surface area contributed by atoms with E-state index in [1.807, 2.05) is 24.3 Å². The van der Waals surface area contributed by atoms with E-state index in [-0.39, 0.29) is 11.8 Å². The Morgan fingerprint density at radius 2 is 1.94 bits per heavy atom. The van der Waals surface area contributed by atoms with Crippen molar-refractivity contribution in [2.24, 2.45) is 5.14 Å². The largest absolute Gasteiger partial charge is 0.309 e. The summed E-state index contributed by atoms with van der Waals surface area (Å²) in [6, 6.07) is 7.70. The van der Waals surface area contributed by atoms with Crippen LogP contribution in [0.1, 0.15) is 31.4 Å². The van der Waals surface area contributed by atoms with E-state index in [0.29, 0.717) is 11.6 Å². The fourth-order valence-corrected chi connectivity index (χ4v) is 2.27. The molecule has 0 saturated heterocycles. The van der Waals surface area contributed by atoms with E-state index in [1.165, 1.54) is 0 Å². The molecule has 0 amide bonds. The first kappa shape index (κ1) is 15.4. The van der Waals surface area contributed by atoms with Crippen LogP contribution in [0.3, 0.4) is 0 Å². The van der Waals surface area contributed by atoms with E-state index in [4.69, 9.17) is 16.7 Å². The highest BCUT2D eigenvalue weighted by Gasteiger charge is 2.11. The molecule has 1 aromatic rings. The molecule has 0 aromatic heterocycles. The molecular weight excluding hydrogens is 272 g/mol. The van der Waals surface area contributed by atoms with Crippen molar-refractivity contribution in [1.29, 1.82) is 0 Å². The summed E-state index contributed by atoms with van der Waals surface area (Å²) in [6.45, 7) is 2.44. The van der Waals surface area contributed by atoms with Gasteiger partial charge in [-0.1, -0.05) is 37.1 Å². The SMILES string of the molecule is CCCC(NCCS(N)(=O)=O)c1ccc(Cl)cc1. The van der Waals surface area contributed by atoms with Crippen LogP contribution in [-0.2, 0) is 10.0 Å². The van der Waals surface area contributed by atoms with Crippen LogP contribution in [0.25, 0.3) is 0 Å². The molecule has 0 spiro atoms. The second-order valence-electron chi connectivity index (χ2n) is 4.21. The Morgan fingerprint density at radius 1 is 1.33 bits per heavy atom. The van der Waals surface area contributed by atoms with Crippen LogP contribution < -0.4 is 10.5 Å². The average molecular weight is 291 g/mol. The standard InChI is InChI=1S/C12H19ClN2O2S/c1-2-3-12(15-8-9-18(14,16)17)10-4-6-11(13)7-5-10/h4-7,12,15H,2-3,8-9H2,1H3,(H2,14,16,17). The summed E-state index contributed by atoms with van der Waals surface area (Å²) in [5, 5.41) is 8.87. The van der Waals surface area contributed by atoms with Gasteiger partial charge in [0.05, 0.1) is 5.75 Å². The zero-order valence-electron chi connectivity index (χ0n) is 10.4. The van der Waals surface area contributed by atoms with Gasteiger partial charge in [0.25, 0.3) is 0 Å². The predicted molar refractivity (Wildman–Crippen MR) is 75.1 cm³/mol. The molecule has 0 radical (unpaired) electrons. The molecular formula is C12H19ClN2O2S. The second kappa shape index (κ2) is 7.09. The lowest BCUT2D eigenvalue weighted by atomic mass is 10.0. The molecule has 0 aliphatic rings. The van der Waals surface area contributed by atoms with Crippen LogP contribution in [0.2, 0.25) is 5.02 Å². The molecule has 1 rings (SSSR count). The maximum absolute atomic E-state index is 10.9. The number of rotatable bonds is 7. The van der Waals surface area contributed by atoms with E-state index in [2.05, 4.69) is 12.2 Å². The first-order valence-corrected chi connectivity index (χ1v) is 8.01. The number of nitrogens with two attached hydrogens (primary N) is 1. The Labute approximate surface area is 114 Å². The summed E-state index contributed by atoms with van der Waals surface area (Å²) >= 11 is 5.84. The molecule has 1 atom stereocenters. The Hall–Kier alpha value is -0.620. The minimum Gasteiger partial charge on any atom is -0.309 e. The van der Waals surface area contributed by atoms with E-state index >= 15 is 0 Å². The van der Waals surface area contributed by atoms with Crippen LogP contribution in [-0.4, -0.2) is 20.7 Å². The van der Waals surface area contributed by atoms with Gasteiger partial charge in [-0.25, -0.2) is 13.6 Å². The highest BCUT2D eigenvalue weighted by molar-refractivity contribution is 7.89. The van der Waals surface area contributed by atoms with Gasteiger partial charge in [0, 0.05) is 17.6 Å². The van der Waals surface area contributed by atoms with Gasteiger partial charge in [-0.05, 0) is 24.1 Å². The average Bonchev–Trinajstić information content (AvgIpc) is 2.27. The van der Waals surface area contributed by atoms with Gasteiger partial charge in [0.1, 0.15) is 0 Å². The molecule has 1 aromatic carbocycles. The maximum Gasteiger partial charge on any atom is 0.210 e. The van der Waals surface area contributed by atoms with E-state index in [0.717, 1.165) is 18.4 Å². The van der Waals surface area contributed by atoms with Gasteiger partial charge in [-0.3, -0.25) is 0 Å². The van der Waals surface area contributed by atoms with Crippen molar-refractivity contribution in [3.05, 3.63) is 34.9 Å². The van der Waals surface area contributed by atoms with Crippen LogP contribution in [0, 0.1) is 0 Å². The second-order valence-corrected chi connectivity index (χ2v) is 6.38. The monoisotopic (exact) mass is 290 g/mol. The molecule has 0 bridgehead atoms. The minimum atomic E-state index is -3.41. The minimum absolute atomic E-state index is 0.0548. The lowest BCUT2D eigenvalue weighted by molar-refractivity contribution is 0.506. The Kier molecular flexibility index (Phi) is 6.08. The molecule has 0 heterocycles. The van der Waals surface area contributed by atoms with Crippen molar-refractivity contribution in [2.75, 3.05) is 12.3 Å². The van der Waals surface area contributed by atoms with Gasteiger partial charge in [-0.2, -0.15) is 0 Å². The Bertz CT molecular complexity index is 459. The van der Waals surface area contributed by atoms with E-state index < -0.39 is 10.0 Å². The third-order valence-electron chi connectivity index (χ3n) is 2.63. The molecule has 0 aliphatic carbocycles. The number of primary sulfonamides is 1. The van der Waals surface area contributed by atoms with Crippen LogP contribution in [0.4, 0.5) is 0 Å². The molecule has 0 fully saturated rings. The van der Waals surface area contributed by atoms with Gasteiger partial charge in [-0.15, -0.1) is 0 Å². The molecule has 3 N–H and O–H groups in total. The first-order chi connectivity index (χ1) is 8.42. The number of nitrogens with one attached hydrogen (secondary N) is 1. The number of hydrogen-bond acceptors (Lipinski definition) is 3.